The number of anilines is 1. The minimum Gasteiger partial charge on any atom is -0.457 e. The van der Waals surface area contributed by atoms with Crippen molar-refractivity contribution in [2.24, 2.45) is 0 Å². The van der Waals surface area contributed by atoms with E-state index in [1.165, 1.54) is 17.0 Å². The summed E-state index contributed by atoms with van der Waals surface area (Å²) in [5.41, 5.74) is 3.06. The topological polar surface area (TPSA) is 96.0 Å². The van der Waals surface area contributed by atoms with Gasteiger partial charge in [-0.3, -0.25) is 13.9 Å². The average molecular weight is 642 g/mol. The Morgan fingerprint density at radius 3 is 2.07 bits per heavy atom. The van der Waals surface area contributed by atoms with E-state index in [0.717, 1.165) is 33.8 Å². The van der Waals surface area contributed by atoms with E-state index in [-0.39, 0.29) is 17.3 Å². The van der Waals surface area contributed by atoms with Crippen LogP contribution in [-0.4, -0.2) is 44.3 Å². The van der Waals surface area contributed by atoms with Crippen molar-refractivity contribution >= 4 is 27.5 Å². The highest BCUT2D eigenvalue weighted by Gasteiger charge is 2.33. The predicted octanol–water partition coefficient (Wildman–Crippen LogP) is 7.01. The van der Waals surface area contributed by atoms with Gasteiger partial charge in [-0.2, -0.15) is 0 Å². The zero-order valence-electron chi connectivity index (χ0n) is 27.0. The second kappa shape index (κ2) is 16.1. The van der Waals surface area contributed by atoms with Crippen molar-refractivity contribution in [3.05, 3.63) is 120 Å². The largest absolute Gasteiger partial charge is 0.457 e. The van der Waals surface area contributed by atoms with Gasteiger partial charge in [0, 0.05) is 13.1 Å². The summed E-state index contributed by atoms with van der Waals surface area (Å²) in [5, 5.41) is 2.96. The van der Waals surface area contributed by atoms with Gasteiger partial charge in [-0.05, 0) is 86.3 Å². The number of para-hydroxylation sites is 1. The normalized spacial score (nSPS) is 11.8. The van der Waals surface area contributed by atoms with Crippen molar-refractivity contribution in [3.63, 3.8) is 0 Å². The second-order valence-corrected chi connectivity index (χ2v) is 13.1. The first-order valence-electron chi connectivity index (χ1n) is 15.7. The van der Waals surface area contributed by atoms with Crippen LogP contribution in [0.1, 0.15) is 49.8 Å². The molecule has 0 unspecified atom stereocenters. The monoisotopic (exact) mass is 641 g/mol. The summed E-state index contributed by atoms with van der Waals surface area (Å²) in [6.07, 6.45) is 2.11. The van der Waals surface area contributed by atoms with Crippen LogP contribution >= 0.6 is 0 Å². The maximum absolute atomic E-state index is 14.3. The second-order valence-electron chi connectivity index (χ2n) is 11.3. The van der Waals surface area contributed by atoms with Crippen LogP contribution in [-0.2, 0) is 26.2 Å². The number of carbonyl (C=O) groups is 2. The molecular formula is C37H43N3O5S. The van der Waals surface area contributed by atoms with Gasteiger partial charge in [0.05, 0.1) is 10.6 Å². The molecule has 0 bridgehead atoms. The molecule has 242 valence electrons. The van der Waals surface area contributed by atoms with Crippen molar-refractivity contribution in [1.29, 1.82) is 0 Å². The third kappa shape index (κ3) is 8.75. The quantitative estimate of drug-likeness (QED) is 0.141. The number of hydrogen-bond donors (Lipinski definition) is 1. The number of carbonyl (C=O) groups excluding carboxylic acids is 2. The van der Waals surface area contributed by atoms with E-state index >= 15 is 0 Å². The van der Waals surface area contributed by atoms with Crippen LogP contribution in [0.25, 0.3) is 0 Å². The maximum atomic E-state index is 14.3. The van der Waals surface area contributed by atoms with Crippen LogP contribution in [0.3, 0.4) is 0 Å². The molecule has 1 atom stereocenters. The molecular weight excluding hydrogens is 598 g/mol. The molecule has 0 aromatic heterocycles. The van der Waals surface area contributed by atoms with Gasteiger partial charge in [-0.25, -0.2) is 8.42 Å². The minimum absolute atomic E-state index is 0.0605. The fraction of sp³-hybridized carbons (Fsp3) is 0.297. The van der Waals surface area contributed by atoms with Crippen molar-refractivity contribution in [2.45, 2.75) is 64.4 Å². The summed E-state index contributed by atoms with van der Waals surface area (Å²) in [7, 11) is -4.18. The molecule has 0 fully saturated rings. The number of benzene rings is 4. The van der Waals surface area contributed by atoms with Crippen molar-refractivity contribution < 1.29 is 22.7 Å². The SMILES string of the molecule is CCCCNC(=O)[C@H](CC)N(Cc1ccccc1C)C(=O)CN(c1ccc(Oc2ccccc2)cc1)S(=O)(=O)c1ccc(C)cc1. The molecule has 0 radical (unpaired) electrons. The average Bonchev–Trinajstić information content (AvgIpc) is 3.05. The highest BCUT2D eigenvalue weighted by molar-refractivity contribution is 7.92. The van der Waals surface area contributed by atoms with Gasteiger partial charge >= 0.3 is 0 Å². The van der Waals surface area contributed by atoms with E-state index in [2.05, 4.69) is 5.32 Å². The van der Waals surface area contributed by atoms with Crippen LogP contribution in [0.4, 0.5) is 5.69 Å². The Morgan fingerprint density at radius 2 is 1.43 bits per heavy atom. The molecule has 8 nitrogen and oxygen atoms in total. The van der Waals surface area contributed by atoms with Crippen LogP contribution in [0.5, 0.6) is 11.5 Å². The number of nitrogens with one attached hydrogen (secondary N) is 1. The molecule has 4 rings (SSSR count). The number of unbranched alkanes of at least 4 members (excludes halogenated alkanes) is 1. The van der Waals surface area contributed by atoms with Gasteiger partial charge in [0.15, 0.2) is 0 Å². The van der Waals surface area contributed by atoms with E-state index in [0.29, 0.717) is 30.2 Å². The number of rotatable bonds is 15. The molecule has 9 heteroatoms. The van der Waals surface area contributed by atoms with Gasteiger partial charge in [0.25, 0.3) is 10.0 Å². The number of sulfonamides is 1. The molecule has 4 aromatic carbocycles. The van der Waals surface area contributed by atoms with Gasteiger partial charge in [0.2, 0.25) is 11.8 Å². The molecule has 0 spiro atoms. The maximum Gasteiger partial charge on any atom is 0.264 e. The third-order valence-electron chi connectivity index (χ3n) is 7.81. The third-order valence-corrected chi connectivity index (χ3v) is 9.60. The summed E-state index contributed by atoms with van der Waals surface area (Å²) in [5.74, 6) is 0.420. The van der Waals surface area contributed by atoms with E-state index in [9.17, 15) is 18.0 Å². The zero-order valence-corrected chi connectivity index (χ0v) is 27.8. The molecule has 1 N–H and O–H groups in total. The summed E-state index contributed by atoms with van der Waals surface area (Å²) >= 11 is 0. The fourth-order valence-electron chi connectivity index (χ4n) is 5.07. The number of ether oxygens (including phenoxy) is 1. The van der Waals surface area contributed by atoms with Crippen molar-refractivity contribution in [3.8, 4) is 11.5 Å². The summed E-state index contributed by atoms with van der Waals surface area (Å²) < 4.78 is 35.4. The summed E-state index contributed by atoms with van der Waals surface area (Å²) in [4.78, 5) is 29.3. The molecule has 0 aliphatic heterocycles. The zero-order chi connectivity index (χ0) is 33.1. The standard InChI is InChI=1S/C37H43N3O5S/c1-5-7-25-38-37(42)35(6-2)39(26-30-14-12-11-13-29(30)4)36(41)27-40(46(43,44)34-23-17-28(3)18-24-34)31-19-21-33(22-20-31)45-32-15-9-8-10-16-32/h8-24,35H,5-7,25-27H2,1-4H3,(H,38,42)/t35-/m0/s1. The Labute approximate surface area is 273 Å². The lowest BCUT2D eigenvalue weighted by molar-refractivity contribution is -0.140. The molecule has 0 heterocycles. The molecule has 2 amide bonds. The molecule has 0 saturated carbocycles. The van der Waals surface area contributed by atoms with Crippen molar-refractivity contribution in [2.75, 3.05) is 17.4 Å². The molecule has 4 aromatic rings. The van der Waals surface area contributed by atoms with E-state index < -0.39 is 28.5 Å². The number of nitrogens with zero attached hydrogens (tertiary/aromatic N) is 2. The van der Waals surface area contributed by atoms with Gasteiger partial charge in [-0.15, -0.1) is 0 Å². The van der Waals surface area contributed by atoms with E-state index in [4.69, 9.17) is 4.74 Å². The Hall–Kier alpha value is -4.63. The molecule has 46 heavy (non-hydrogen) atoms. The molecule has 0 aliphatic carbocycles. The first-order valence-corrected chi connectivity index (χ1v) is 17.1. The minimum atomic E-state index is -4.18. The number of amides is 2. The van der Waals surface area contributed by atoms with Gasteiger partial charge in [0.1, 0.15) is 24.1 Å². The highest BCUT2D eigenvalue weighted by atomic mass is 32.2. The van der Waals surface area contributed by atoms with Crippen LogP contribution in [0, 0.1) is 13.8 Å². The molecule has 0 saturated heterocycles. The Bertz CT molecular complexity index is 1690. The Kier molecular flexibility index (Phi) is 12.0. The Balaban J connectivity index is 1.72. The van der Waals surface area contributed by atoms with Crippen molar-refractivity contribution in [1.82, 2.24) is 10.2 Å². The fourth-order valence-corrected chi connectivity index (χ4v) is 6.48. The lowest BCUT2D eigenvalue weighted by Crippen LogP contribution is -2.52. The molecule has 0 aliphatic rings. The van der Waals surface area contributed by atoms with Crippen LogP contribution < -0.4 is 14.4 Å². The van der Waals surface area contributed by atoms with Gasteiger partial charge in [-0.1, -0.05) is 80.4 Å². The summed E-state index contributed by atoms with van der Waals surface area (Å²) in [6, 6.07) is 29.3. The predicted molar refractivity (Wildman–Crippen MR) is 182 cm³/mol. The first-order chi connectivity index (χ1) is 22.1. The number of hydrogen-bond acceptors (Lipinski definition) is 5. The van der Waals surface area contributed by atoms with Crippen LogP contribution in [0.2, 0.25) is 0 Å². The van der Waals surface area contributed by atoms with Gasteiger partial charge < -0.3 is 15.0 Å². The Morgan fingerprint density at radius 1 is 0.804 bits per heavy atom. The smallest absolute Gasteiger partial charge is 0.264 e. The summed E-state index contributed by atoms with van der Waals surface area (Å²) in [6.45, 7) is 7.89. The van der Waals surface area contributed by atoms with E-state index in [1.807, 2.05) is 82.3 Å². The highest BCUT2D eigenvalue weighted by Crippen LogP contribution is 2.29. The van der Waals surface area contributed by atoms with Crippen LogP contribution in [0.15, 0.2) is 108 Å². The lowest BCUT2D eigenvalue weighted by atomic mass is 10.1. The number of aryl methyl sites for hydroxylation is 2. The lowest BCUT2D eigenvalue weighted by Gasteiger charge is -2.33. The van der Waals surface area contributed by atoms with E-state index in [1.54, 1.807) is 36.4 Å². The first kappa shape index (κ1) is 34.2.